The van der Waals surface area contributed by atoms with Crippen LogP contribution in [0.2, 0.25) is 0 Å². The maximum absolute atomic E-state index is 14.5. The fraction of sp³-hybridized carbons (Fsp3) is 0.500. The summed E-state index contributed by atoms with van der Waals surface area (Å²) in [6.07, 6.45) is 2.47. The summed E-state index contributed by atoms with van der Waals surface area (Å²) in [7, 11) is 0. The van der Waals surface area contributed by atoms with Crippen molar-refractivity contribution in [3.05, 3.63) is 101 Å². The number of ether oxygens (including phenoxy) is 1. The van der Waals surface area contributed by atoms with Gasteiger partial charge in [-0.25, -0.2) is 9.59 Å². The van der Waals surface area contributed by atoms with Crippen LogP contribution in [-0.2, 0) is 52.9 Å². The Hall–Kier alpha value is -5.51. The Balaban J connectivity index is 1.09. The van der Waals surface area contributed by atoms with E-state index in [4.69, 9.17) is 9.57 Å². The molecule has 61 heavy (non-hydrogen) atoms. The Bertz CT molecular complexity index is 1990. The van der Waals surface area contributed by atoms with E-state index in [0.29, 0.717) is 44.1 Å². The maximum Gasteiger partial charge on any atom is 0.407 e. The number of hydroxylamine groups is 2. The Labute approximate surface area is 357 Å². The number of Topliss-reactive ketones (excluding diaryl/α,β-unsaturated/α-hetero) is 1. The largest absolute Gasteiger partial charge is 0.445 e. The number of aliphatic hydroxyl groups is 1. The lowest BCUT2D eigenvalue weighted by molar-refractivity contribution is -0.197. The van der Waals surface area contributed by atoms with Crippen LogP contribution in [0.4, 0.5) is 4.79 Å². The molecule has 4 amide bonds. The highest BCUT2D eigenvalue weighted by atomic mass is 16.7. The molecular formula is C46H58N6O9. The Morgan fingerprint density at radius 2 is 1.66 bits per heavy atom. The van der Waals surface area contributed by atoms with E-state index in [0.717, 1.165) is 22.3 Å². The summed E-state index contributed by atoms with van der Waals surface area (Å²) in [6, 6.07) is 20.8. The number of carbonyl (C=O) groups is 6. The van der Waals surface area contributed by atoms with E-state index in [1.807, 2.05) is 98.6 Å². The van der Waals surface area contributed by atoms with Crippen LogP contribution in [0.15, 0.2) is 79.1 Å². The third-order valence-corrected chi connectivity index (χ3v) is 11.3. The molecule has 0 saturated carbocycles. The number of rotatable bonds is 18. The van der Waals surface area contributed by atoms with Crippen molar-refractivity contribution in [2.45, 2.75) is 108 Å². The van der Waals surface area contributed by atoms with Crippen molar-refractivity contribution < 1.29 is 43.4 Å². The predicted molar refractivity (Wildman–Crippen MR) is 224 cm³/mol. The molecule has 3 heterocycles. The second-order valence-corrected chi connectivity index (χ2v) is 17.3. The highest BCUT2D eigenvalue weighted by molar-refractivity contribution is 6.01. The lowest BCUT2D eigenvalue weighted by atomic mass is 9.83. The normalized spacial score (nSPS) is 20.5. The Kier molecular flexibility index (Phi) is 15.4. The number of hydrogen-bond donors (Lipinski definition) is 3. The molecule has 1 aromatic heterocycles. The summed E-state index contributed by atoms with van der Waals surface area (Å²) in [5, 5.41) is 18.1. The van der Waals surface area contributed by atoms with Crippen molar-refractivity contribution in [1.29, 1.82) is 0 Å². The van der Waals surface area contributed by atoms with Crippen molar-refractivity contribution >= 4 is 35.6 Å². The molecule has 3 aromatic rings. The van der Waals surface area contributed by atoms with E-state index in [1.165, 1.54) is 0 Å². The number of β-amino-alcohol motifs (C(OH)–C–C–N with tert-alkyl or cyclic N) is 1. The van der Waals surface area contributed by atoms with Gasteiger partial charge in [0.1, 0.15) is 17.9 Å². The summed E-state index contributed by atoms with van der Waals surface area (Å²) in [6.45, 7) is 8.50. The lowest BCUT2D eigenvalue weighted by Gasteiger charge is -2.42. The molecule has 6 rings (SSSR count). The molecule has 0 spiro atoms. The van der Waals surface area contributed by atoms with Crippen LogP contribution in [-0.4, -0.2) is 117 Å². The Morgan fingerprint density at radius 1 is 0.934 bits per heavy atom. The third kappa shape index (κ3) is 13.0. The number of aliphatic hydroxyl groups excluding tert-OH is 1. The van der Waals surface area contributed by atoms with E-state index >= 15 is 0 Å². The molecule has 0 bridgehead atoms. The molecule has 0 radical (unpaired) electrons. The molecule has 15 heteroatoms. The van der Waals surface area contributed by atoms with E-state index in [9.17, 15) is 33.9 Å². The highest BCUT2D eigenvalue weighted by Crippen LogP contribution is 2.39. The molecule has 2 fully saturated rings. The van der Waals surface area contributed by atoms with Gasteiger partial charge in [-0.3, -0.25) is 34.0 Å². The highest BCUT2D eigenvalue weighted by Gasteiger charge is 2.40. The van der Waals surface area contributed by atoms with Crippen molar-refractivity contribution in [2.75, 3.05) is 32.7 Å². The molecule has 15 nitrogen and oxygen atoms in total. The van der Waals surface area contributed by atoms with Gasteiger partial charge in [-0.15, -0.1) is 5.06 Å². The molecule has 3 N–H and O–H groups in total. The molecule has 5 atom stereocenters. The predicted octanol–water partition coefficient (Wildman–Crippen LogP) is 3.87. The van der Waals surface area contributed by atoms with Gasteiger partial charge in [-0.2, -0.15) is 0 Å². The zero-order valence-corrected chi connectivity index (χ0v) is 35.3. The zero-order valence-electron chi connectivity index (χ0n) is 35.3. The summed E-state index contributed by atoms with van der Waals surface area (Å²) in [4.78, 5) is 90.4. The van der Waals surface area contributed by atoms with Crippen LogP contribution in [0.1, 0.15) is 87.5 Å². The van der Waals surface area contributed by atoms with Crippen molar-refractivity contribution in [2.24, 2.45) is 5.92 Å². The van der Waals surface area contributed by atoms with E-state index in [1.54, 1.807) is 6.20 Å². The summed E-state index contributed by atoms with van der Waals surface area (Å²) in [5.41, 5.74) is 3.48. The fourth-order valence-electron chi connectivity index (χ4n) is 8.39. The van der Waals surface area contributed by atoms with Crippen LogP contribution in [0.25, 0.3) is 0 Å². The number of carbonyl (C=O) groups excluding carboxylic acids is 6. The van der Waals surface area contributed by atoms with Crippen molar-refractivity contribution in [3.63, 3.8) is 0 Å². The number of amides is 4. The number of nitrogens with zero attached hydrogens (tertiary/aromatic N) is 4. The number of alkyl carbamates (subject to hydrolysis) is 1. The van der Waals surface area contributed by atoms with Gasteiger partial charge < -0.3 is 25.3 Å². The van der Waals surface area contributed by atoms with E-state index < -0.39 is 59.5 Å². The van der Waals surface area contributed by atoms with Gasteiger partial charge in [0.15, 0.2) is 0 Å². The zero-order chi connectivity index (χ0) is 43.5. The standard InChI is InChI=1S/C46H58N6O9/c1-46(2,3)49-44(58)38-30-50(28-32-13-9-19-47-27-32)21-22-51(38)29-35(53)24-34(23-31-11-5-4-6-12-31)39(54)26-37-36-15-8-7-14-33(36)25-40(37)60-45(59)48-20-10-16-43(57)61-52-41(55)17-18-42(52)56/h4-9,11-15,19,27,34-35,37-38,40,53H,10,16-18,20-26,28-30H2,1-3H3,(H,48,59)(H,49,58)/t34-,35-,37-,38-,40+/m0/s1. The first-order valence-electron chi connectivity index (χ1n) is 21.2. The first kappa shape index (κ1) is 45.0. The molecule has 2 aliphatic heterocycles. The number of pyridine rings is 1. The van der Waals surface area contributed by atoms with Crippen LogP contribution in [0, 0.1) is 5.92 Å². The minimum absolute atomic E-state index is 0.000935. The van der Waals surface area contributed by atoms with E-state index in [-0.39, 0.29) is 63.3 Å². The smallest absolute Gasteiger partial charge is 0.407 e. The van der Waals surface area contributed by atoms with Gasteiger partial charge in [-0.05, 0) is 68.4 Å². The molecule has 2 aromatic carbocycles. The molecular weight excluding hydrogens is 781 g/mol. The van der Waals surface area contributed by atoms with Gasteiger partial charge in [0, 0.05) is 101 Å². The van der Waals surface area contributed by atoms with Crippen molar-refractivity contribution in [1.82, 2.24) is 30.5 Å². The van der Waals surface area contributed by atoms with Crippen LogP contribution in [0.5, 0.6) is 0 Å². The number of fused-ring (bicyclic) bond motifs is 1. The van der Waals surface area contributed by atoms with Crippen LogP contribution >= 0.6 is 0 Å². The average molecular weight is 839 g/mol. The topological polar surface area (TPSA) is 188 Å². The van der Waals surface area contributed by atoms with Gasteiger partial charge >= 0.3 is 12.1 Å². The second kappa shape index (κ2) is 20.8. The number of ketones is 1. The quantitative estimate of drug-likeness (QED) is 0.124. The molecule has 1 aliphatic carbocycles. The molecule has 2 saturated heterocycles. The number of imide groups is 1. The fourth-order valence-corrected chi connectivity index (χ4v) is 8.39. The number of piperazine rings is 1. The second-order valence-electron chi connectivity index (χ2n) is 17.3. The lowest BCUT2D eigenvalue weighted by Crippen LogP contribution is -2.61. The SMILES string of the molecule is CC(C)(C)NC(=O)[C@@H]1CN(Cc2cccnc2)CCN1C[C@@H](O)C[C@H](Cc1ccccc1)C(=O)C[C@H]1c2ccccc2C[C@H]1OC(=O)NCCCC(=O)ON1C(=O)CCC1=O. The molecule has 3 aliphatic rings. The van der Waals surface area contributed by atoms with Gasteiger partial charge in [-0.1, -0.05) is 60.7 Å². The minimum Gasteiger partial charge on any atom is -0.445 e. The minimum atomic E-state index is -0.908. The first-order chi connectivity index (χ1) is 29.2. The summed E-state index contributed by atoms with van der Waals surface area (Å²) in [5.74, 6) is -3.04. The number of hydrogen-bond acceptors (Lipinski definition) is 12. The van der Waals surface area contributed by atoms with Crippen molar-refractivity contribution in [3.8, 4) is 0 Å². The molecule has 0 unspecified atom stereocenters. The number of aromatic nitrogens is 1. The molecule has 326 valence electrons. The average Bonchev–Trinajstić information content (AvgIpc) is 3.73. The van der Waals surface area contributed by atoms with Crippen LogP contribution in [0.3, 0.4) is 0 Å². The van der Waals surface area contributed by atoms with Gasteiger partial charge in [0.05, 0.1) is 6.10 Å². The summed E-state index contributed by atoms with van der Waals surface area (Å²) < 4.78 is 5.93. The third-order valence-electron chi connectivity index (χ3n) is 11.3. The van der Waals surface area contributed by atoms with Gasteiger partial charge in [0.25, 0.3) is 11.8 Å². The van der Waals surface area contributed by atoms with E-state index in [2.05, 4.69) is 20.5 Å². The summed E-state index contributed by atoms with van der Waals surface area (Å²) >= 11 is 0. The van der Waals surface area contributed by atoms with Crippen LogP contribution < -0.4 is 10.6 Å². The Morgan fingerprint density at radius 3 is 2.38 bits per heavy atom. The number of nitrogens with one attached hydrogen (secondary N) is 2. The van der Waals surface area contributed by atoms with Gasteiger partial charge in [0.2, 0.25) is 5.91 Å². The monoisotopic (exact) mass is 838 g/mol. The maximum atomic E-state index is 14.5. The first-order valence-corrected chi connectivity index (χ1v) is 21.2. The number of benzene rings is 2.